The summed E-state index contributed by atoms with van der Waals surface area (Å²) >= 11 is 1.88. The summed E-state index contributed by atoms with van der Waals surface area (Å²) in [5, 5.41) is 2.57. The number of pyridine rings is 1. The lowest BCUT2D eigenvalue weighted by atomic mass is 9.97. The smallest absolute Gasteiger partial charge is 0.0727 e. The third-order valence-corrected chi connectivity index (χ3v) is 9.98. The SMILES string of the molecule is c1ccc(-c2cc(-c3ccccc3)nc(-c3cccc(-c4cccc5c6sc7ccccc7c6n(-c6ccccc6)c45)c3)c2)cc1. The van der Waals surface area contributed by atoms with Crippen molar-refractivity contribution in [3.05, 3.63) is 170 Å². The summed E-state index contributed by atoms with van der Waals surface area (Å²) in [7, 11) is 0. The van der Waals surface area contributed by atoms with Crippen molar-refractivity contribution in [2.45, 2.75) is 0 Å². The molecule has 0 saturated carbocycles. The fraction of sp³-hybridized carbons (Fsp3) is 0. The highest BCUT2D eigenvalue weighted by Crippen LogP contribution is 2.45. The molecule has 0 amide bonds. The average Bonchev–Trinajstić information content (AvgIpc) is 3.67. The van der Waals surface area contributed by atoms with Crippen molar-refractivity contribution < 1.29 is 0 Å². The predicted molar refractivity (Wildman–Crippen MR) is 196 cm³/mol. The standard InChI is InChI=1S/C43H28N2S/c1-4-14-29(15-5-1)33-27-38(30-16-6-2-7-17-30)44-39(28-33)32-19-12-18-31(26-32)35-23-13-24-37-41(35)45(34-20-8-3-9-21-34)42-36-22-10-11-25-40(36)46-43(37)42/h1-28H. The summed E-state index contributed by atoms with van der Waals surface area (Å²) in [6, 6.07) is 60.6. The van der Waals surface area contributed by atoms with Gasteiger partial charge in [-0.05, 0) is 53.1 Å². The first kappa shape index (κ1) is 26.6. The summed E-state index contributed by atoms with van der Waals surface area (Å²) in [6.45, 7) is 0. The number of aromatic nitrogens is 2. The Bertz CT molecular complexity index is 2450. The Morgan fingerprint density at radius 1 is 0.413 bits per heavy atom. The fourth-order valence-corrected chi connectivity index (χ4v) is 7.88. The molecule has 0 radical (unpaired) electrons. The van der Waals surface area contributed by atoms with E-state index in [4.69, 9.17) is 4.98 Å². The topological polar surface area (TPSA) is 17.8 Å². The molecule has 6 aromatic carbocycles. The number of hydrogen-bond acceptors (Lipinski definition) is 2. The van der Waals surface area contributed by atoms with Crippen LogP contribution < -0.4 is 0 Å². The molecule has 0 bridgehead atoms. The number of rotatable bonds is 5. The van der Waals surface area contributed by atoms with Crippen molar-refractivity contribution in [2.75, 3.05) is 0 Å². The lowest BCUT2D eigenvalue weighted by molar-refractivity contribution is 1.19. The molecule has 3 heterocycles. The Balaban J connectivity index is 1.28. The van der Waals surface area contributed by atoms with E-state index in [1.807, 2.05) is 17.4 Å². The van der Waals surface area contributed by atoms with Gasteiger partial charge >= 0.3 is 0 Å². The number of fused-ring (bicyclic) bond motifs is 5. The summed E-state index contributed by atoms with van der Waals surface area (Å²) in [6.07, 6.45) is 0. The van der Waals surface area contributed by atoms with Gasteiger partial charge in [-0.1, -0.05) is 133 Å². The van der Waals surface area contributed by atoms with Crippen LogP contribution in [0.25, 0.3) is 81.7 Å². The molecule has 3 aromatic heterocycles. The van der Waals surface area contributed by atoms with E-state index in [9.17, 15) is 0 Å². The van der Waals surface area contributed by atoms with Gasteiger partial charge in [0.15, 0.2) is 0 Å². The molecule has 3 heteroatoms. The molecule has 0 unspecified atom stereocenters. The summed E-state index contributed by atoms with van der Waals surface area (Å²) < 4.78 is 5.10. The molecule has 0 N–H and O–H groups in total. The lowest BCUT2D eigenvalue weighted by Crippen LogP contribution is -1.95. The van der Waals surface area contributed by atoms with Gasteiger partial charge in [-0.25, -0.2) is 4.98 Å². The number of hydrogen-bond donors (Lipinski definition) is 0. The van der Waals surface area contributed by atoms with E-state index in [0.29, 0.717) is 0 Å². The first-order chi connectivity index (χ1) is 22.8. The van der Waals surface area contributed by atoms with E-state index in [1.54, 1.807) is 0 Å². The molecule has 46 heavy (non-hydrogen) atoms. The van der Waals surface area contributed by atoms with Crippen LogP contribution in [0.5, 0.6) is 0 Å². The minimum absolute atomic E-state index is 0.958. The van der Waals surface area contributed by atoms with E-state index in [0.717, 1.165) is 28.1 Å². The molecular formula is C43H28N2S. The number of nitrogens with zero attached hydrogens (tertiary/aromatic N) is 2. The zero-order valence-electron chi connectivity index (χ0n) is 25.0. The highest BCUT2D eigenvalue weighted by molar-refractivity contribution is 7.26. The van der Waals surface area contributed by atoms with Crippen molar-refractivity contribution in [1.29, 1.82) is 0 Å². The van der Waals surface area contributed by atoms with Crippen molar-refractivity contribution >= 4 is 42.5 Å². The molecule has 0 atom stereocenters. The van der Waals surface area contributed by atoms with Gasteiger partial charge in [0.1, 0.15) is 0 Å². The number of thiophene rings is 1. The minimum Gasteiger partial charge on any atom is -0.307 e. The molecule has 0 aliphatic carbocycles. The molecular weight excluding hydrogens is 577 g/mol. The van der Waals surface area contributed by atoms with Crippen molar-refractivity contribution in [3.8, 4) is 50.5 Å². The maximum atomic E-state index is 5.22. The highest BCUT2D eigenvalue weighted by atomic mass is 32.1. The van der Waals surface area contributed by atoms with Gasteiger partial charge in [-0.3, -0.25) is 0 Å². The monoisotopic (exact) mass is 604 g/mol. The molecule has 0 saturated heterocycles. The van der Waals surface area contributed by atoms with Crippen LogP contribution in [0.1, 0.15) is 0 Å². The molecule has 0 fully saturated rings. The van der Waals surface area contributed by atoms with Crippen LogP contribution in [0.2, 0.25) is 0 Å². The Morgan fingerprint density at radius 3 is 1.78 bits per heavy atom. The van der Waals surface area contributed by atoms with Gasteiger partial charge in [0.25, 0.3) is 0 Å². The molecule has 2 nitrogen and oxygen atoms in total. The van der Waals surface area contributed by atoms with Gasteiger partial charge in [0.2, 0.25) is 0 Å². The third kappa shape index (κ3) is 4.44. The van der Waals surface area contributed by atoms with E-state index >= 15 is 0 Å². The van der Waals surface area contributed by atoms with Crippen molar-refractivity contribution in [1.82, 2.24) is 9.55 Å². The second-order valence-corrected chi connectivity index (χ2v) is 12.6. The Labute approximate surface area is 271 Å². The highest BCUT2D eigenvalue weighted by Gasteiger charge is 2.20. The Morgan fingerprint density at radius 2 is 1.00 bits per heavy atom. The molecule has 0 spiro atoms. The minimum atomic E-state index is 0.958. The lowest BCUT2D eigenvalue weighted by Gasteiger charge is -2.14. The molecule has 9 rings (SSSR count). The molecule has 9 aromatic rings. The molecule has 216 valence electrons. The maximum absolute atomic E-state index is 5.22. The van der Waals surface area contributed by atoms with Gasteiger partial charge < -0.3 is 4.57 Å². The molecule has 0 aliphatic rings. The predicted octanol–water partition coefficient (Wildman–Crippen LogP) is 12.1. The maximum Gasteiger partial charge on any atom is 0.0727 e. The quantitative estimate of drug-likeness (QED) is 0.191. The third-order valence-electron chi connectivity index (χ3n) is 8.78. The average molecular weight is 605 g/mol. The first-order valence-electron chi connectivity index (χ1n) is 15.6. The molecule has 0 aliphatic heterocycles. The zero-order valence-corrected chi connectivity index (χ0v) is 25.8. The zero-order chi connectivity index (χ0) is 30.5. The first-order valence-corrected chi connectivity index (χ1v) is 16.4. The van der Waals surface area contributed by atoms with Gasteiger partial charge in [0, 0.05) is 37.9 Å². The number of para-hydroxylation sites is 2. The second-order valence-electron chi connectivity index (χ2n) is 11.6. The van der Waals surface area contributed by atoms with Crippen LogP contribution in [-0.2, 0) is 0 Å². The van der Waals surface area contributed by atoms with E-state index in [1.165, 1.54) is 53.6 Å². The van der Waals surface area contributed by atoms with E-state index < -0.39 is 0 Å². The fourth-order valence-electron chi connectivity index (χ4n) is 6.66. The van der Waals surface area contributed by atoms with E-state index in [2.05, 4.69) is 168 Å². The van der Waals surface area contributed by atoms with Crippen LogP contribution in [-0.4, -0.2) is 9.55 Å². The summed E-state index contributed by atoms with van der Waals surface area (Å²) in [5.74, 6) is 0. The second kappa shape index (κ2) is 11.0. The Hall–Kier alpha value is -5.77. The van der Waals surface area contributed by atoms with Gasteiger partial charge in [-0.15, -0.1) is 11.3 Å². The van der Waals surface area contributed by atoms with Crippen LogP contribution >= 0.6 is 11.3 Å². The van der Waals surface area contributed by atoms with Crippen molar-refractivity contribution in [3.63, 3.8) is 0 Å². The van der Waals surface area contributed by atoms with E-state index in [-0.39, 0.29) is 0 Å². The largest absolute Gasteiger partial charge is 0.307 e. The van der Waals surface area contributed by atoms with Crippen LogP contribution in [0.3, 0.4) is 0 Å². The van der Waals surface area contributed by atoms with Crippen LogP contribution in [0.15, 0.2) is 170 Å². The van der Waals surface area contributed by atoms with Crippen LogP contribution in [0.4, 0.5) is 0 Å². The normalized spacial score (nSPS) is 11.5. The summed E-state index contributed by atoms with van der Waals surface area (Å²) in [5.41, 5.74) is 12.5. The van der Waals surface area contributed by atoms with Crippen molar-refractivity contribution in [2.24, 2.45) is 0 Å². The van der Waals surface area contributed by atoms with Gasteiger partial charge in [0.05, 0.1) is 27.1 Å². The number of benzene rings is 6. The summed E-state index contributed by atoms with van der Waals surface area (Å²) in [4.78, 5) is 5.22. The Kier molecular flexibility index (Phi) is 6.36. The van der Waals surface area contributed by atoms with Crippen LogP contribution in [0, 0.1) is 0 Å². The van der Waals surface area contributed by atoms with Gasteiger partial charge in [-0.2, -0.15) is 0 Å².